The van der Waals surface area contributed by atoms with Gasteiger partial charge < -0.3 is 4.90 Å². The topological polar surface area (TPSA) is 27.0 Å². The van der Waals surface area contributed by atoms with Gasteiger partial charge in [0.1, 0.15) is 0 Å². The molecule has 10 aromatic rings. The van der Waals surface area contributed by atoms with E-state index in [0.29, 0.717) is 5.56 Å². The average Bonchev–Trinajstić information content (AvgIpc) is 3.31. The van der Waals surface area contributed by atoms with Crippen molar-refractivity contribution in [1.82, 2.24) is 0 Å². The van der Waals surface area contributed by atoms with Gasteiger partial charge in [0.05, 0.1) is 11.6 Å². The molecule has 272 valence electrons. The van der Waals surface area contributed by atoms with Crippen molar-refractivity contribution in [2.45, 2.75) is 0 Å². The highest BCUT2D eigenvalue weighted by atomic mass is 28.3. The molecule has 0 aliphatic heterocycles. The number of nitrogens with zero attached hydrogens (tertiary/aromatic N) is 2. The zero-order chi connectivity index (χ0) is 38.9. The van der Waals surface area contributed by atoms with Crippen molar-refractivity contribution in [3.63, 3.8) is 0 Å². The van der Waals surface area contributed by atoms with Gasteiger partial charge in [-0.3, -0.25) is 0 Å². The van der Waals surface area contributed by atoms with Crippen molar-refractivity contribution < 1.29 is 0 Å². The van der Waals surface area contributed by atoms with E-state index < -0.39 is 8.07 Å². The highest BCUT2D eigenvalue weighted by molar-refractivity contribution is 7.20. The molecule has 0 aromatic heterocycles. The van der Waals surface area contributed by atoms with E-state index in [1.54, 1.807) is 0 Å². The molecule has 0 bridgehead atoms. The highest BCUT2D eigenvalue weighted by Gasteiger charge is 2.41. The van der Waals surface area contributed by atoms with Crippen molar-refractivity contribution >= 4 is 78.2 Å². The quantitative estimate of drug-likeness (QED) is 0.0877. The minimum absolute atomic E-state index is 0.661. The van der Waals surface area contributed by atoms with Crippen LogP contribution in [0.1, 0.15) is 5.56 Å². The Hall–Kier alpha value is -7.51. The standard InChI is InChI=1S/C55H38N2Si/c56-39-40-24-26-41(27-25-40)42-28-30-44(31-29-42)57(43-14-4-1-5-15-43)45-32-34-48(35-33-45)58(46-16-6-2-7-17-46,47-18-8-3-9-19-47)49-36-37-54-52-22-11-10-20-50(52)51-21-12-13-23-53(51)55(54)38-49/h1-38H. The zero-order valence-electron chi connectivity index (χ0n) is 31.8. The third kappa shape index (κ3) is 5.96. The lowest BCUT2D eigenvalue weighted by Gasteiger charge is -2.35. The molecule has 10 rings (SSSR count). The first-order valence-electron chi connectivity index (χ1n) is 19.7. The molecule has 10 aromatic carbocycles. The third-order valence-corrected chi connectivity index (χ3v) is 16.4. The van der Waals surface area contributed by atoms with E-state index in [-0.39, 0.29) is 0 Å². The maximum absolute atomic E-state index is 9.30. The fraction of sp³-hybridized carbons (Fsp3) is 0. The van der Waals surface area contributed by atoms with Crippen LogP contribution in [-0.2, 0) is 0 Å². The number of hydrogen-bond acceptors (Lipinski definition) is 2. The number of rotatable bonds is 8. The molecule has 0 spiro atoms. The Morgan fingerprint density at radius 2 is 0.672 bits per heavy atom. The Balaban J connectivity index is 1.16. The first-order chi connectivity index (χ1) is 28.7. The van der Waals surface area contributed by atoms with Gasteiger partial charge in [-0.15, -0.1) is 0 Å². The summed E-state index contributed by atoms with van der Waals surface area (Å²) < 4.78 is 0. The van der Waals surface area contributed by atoms with Crippen LogP contribution in [0, 0.1) is 11.3 Å². The van der Waals surface area contributed by atoms with Crippen LogP contribution < -0.4 is 25.6 Å². The molecular weight excluding hydrogens is 717 g/mol. The molecule has 2 nitrogen and oxygen atoms in total. The molecule has 0 aliphatic carbocycles. The largest absolute Gasteiger partial charge is 0.311 e. The van der Waals surface area contributed by atoms with Crippen molar-refractivity contribution in [3.8, 4) is 17.2 Å². The molecule has 58 heavy (non-hydrogen) atoms. The second kappa shape index (κ2) is 14.9. The van der Waals surface area contributed by atoms with Gasteiger partial charge in [-0.05, 0) is 113 Å². The Morgan fingerprint density at radius 1 is 0.310 bits per heavy atom. The summed E-state index contributed by atoms with van der Waals surface area (Å²) >= 11 is 0. The predicted molar refractivity (Wildman–Crippen MR) is 247 cm³/mol. The van der Waals surface area contributed by atoms with E-state index in [0.717, 1.165) is 28.2 Å². The van der Waals surface area contributed by atoms with E-state index >= 15 is 0 Å². The summed E-state index contributed by atoms with van der Waals surface area (Å²) in [5.41, 5.74) is 6.09. The fourth-order valence-corrected chi connectivity index (χ4v) is 13.7. The second-order valence-corrected chi connectivity index (χ2v) is 18.6. The van der Waals surface area contributed by atoms with Crippen LogP contribution in [0.25, 0.3) is 43.4 Å². The monoisotopic (exact) mass is 754 g/mol. The number of nitriles is 1. The molecule has 3 heteroatoms. The van der Waals surface area contributed by atoms with Crippen LogP contribution in [0.4, 0.5) is 17.1 Å². The Kier molecular flexibility index (Phi) is 8.95. The zero-order valence-corrected chi connectivity index (χ0v) is 32.8. The first-order valence-corrected chi connectivity index (χ1v) is 21.7. The summed E-state index contributed by atoms with van der Waals surface area (Å²) in [7, 11) is -2.88. The summed E-state index contributed by atoms with van der Waals surface area (Å²) in [6.07, 6.45) is 0. The number of para-hydroxylation sites is 1. The van der Waals surface area contributed by atoms with Crippen LogP contribution in [0.5, 0.6) is 0 Å². The molecule has 0 saturated heterocycles. The molecule has 0 atom stereocenters. The van der Waals surface area contributed by atoms with E-state index in [4.69, 9.17) is 0 Å². The SMILES string of the molecule is N#Cc1ccc(-c2ccc(N(c3ccccc3)c3ccc([Si](c4ccccc4)(c4ccccc4)c4ccc5c6ccccc6c6ccccc6c5c4)cc3)cc2)cc1. The van der Waals surface area contributed by atoms with Crippen LogP contribution >= 0.6 is 0 Å². The lowest BCUT2D eigenvalue weighted by molar-refractivity contribution is 1.28. The van der Waals surface area contributed by atoms with E-state index in [9.17, 15) is 5.26 Å². The summed E-state index contributed by atoms with van der Waals surface area (Å²) in [6, 6.07) is 86.0. The lowest BCUT2D eigenvalue weighted by atomic mass is 9.94. The van der Waals surface area contributed by atoms with Crippen molar-refractivity contribution in [2.24, 2.45) is 0 Å². The van der Waals surface area contributed by atoms with E-state index in [1.807, 2.05) is 24.3 Å². The molecule has 0 aliphatic rings. The fourth-order valence-electron chi connectivity index (χ4n) is 8.94. The maximum atomic E-state index is 9.30. The van der Waals surface area contributed by atoms with Gasteiger partial charge in [0.15, 0.2) is 8.07 Å². The Bertz CT molecular complexity index is 3010. The minimum Gasteiger partial charge on any atom is -0.311 e. The third-order valence-electron chi connectivity index (χ3n) is 11.6. The van der Waals surface area contributed by atoms with Crippen LogP contribution in [0.3, 0.4) is 0 Å². The van der Waals surface area contributed by atoms with Crippen LogP contribution in [-0.4, -0.2) is 8.07 Å². The first kappa shape index (κ1) is 34.9. The number of benzene rings is 10. The van der Waals surface area contributed by atoms with Gasteiger partial charge >= 0.3 is 0 Å². The minimum atomic E-state index is -2.88. The predicted octanol–water partition coefficient (Wildman–Crippen LogP) is 11.5. The van der Waals surface area contributed by atoms with Crippen LogP contribution in [0.2, 0.25) is 0 Å². The van der Waals surface area contributed by atoms with Crippen LogP contribution in [0.15, 0.2) is 231 Å². The normalized spacial score (nSPS) is 11.4. The molecule has 0 unspecified atom stereocenters. The highest BCUT2D eigenvalue weighted by Crippen LogP contribution is 2.37. The molecule has 0 N–H and O–H groups in total. The second-order valence-electron chi connectivity index (χ2n) is 14.8. The van der Waals surface area contributed by atoms with E-state index in [1.165, 1.54) is 53.1 Å². The van der Waals surface area contributed by atoms with Gasteiger partial charge in [-0.2, -0.15) is 5.26 Å². The number of anilines is 3. The van der Waals surface area contributed by atoms with Crippen molar-refractivity contribution in [3.05, 3.63) is 236 Å². The smallest absolute Gasteiger partial charge is 0.179 e. The van der Waals surface area contributed by atoms with Gasteiger partial charge in [0, 0.05) is 17.1 Å². The summed E-state index contributed by atoms with van der Waals surface area (Å²) in [5.74, 6) is 0. The van der Waals surface area contributed by atoms with E-state index in [2.05, 4.69) is 217 Å². The summed E-state index contributed by atoms with van der Waals surface area (Å²) in [6.45, 7) is 0. The molecule has 0 radical (unpaired) electrons. The van der Waals surface area contributed by atoms with Gasteiger partial charge in [-0.25, -0.2) is 0 Å². The summed E-state index contributed by atoms with van der Waals surface area (Å²) in [4.78, 5) is 2.33. The molecule has 0 saturated carbocycles. The van der Waals surface area contributed by atoms with Crippen molar-refractivity contribution in [2.75, 3.05) is 4.90 Å². The van der Waals surface area contributed by atoms with Gasteiger partial charge in [-0.1, -0.05) is 182 Å². The number of fused-ring (bicyclic) bond motifs is 6. The van der Waals surface area contributed by atoms with Gasteiger partial charge in [0.2, 0.25) is 0 Å². The molecular formula is C55H38N2Si. The Labute approximate surface area is 340 Å². The molecule has 0 fully saturated rings. The number of hydrogen-bond donors (Lipinski definition) is 0. The molecule has 0 heterocycles. The summed E-state index contributed by atoms with van der Waals surface area (Å²) in [5, 5.41) is 22.4. The van der Waals surface area contributed by atoms with Gasteiger partial charge in [0.25, 0.3) is 0 Å². The lowest BCUT2D eigenvalue weighted by Crippen LogP contribution is -2.74. The molecule has 0 amide bonds. The van der Waals surface area contributed by atoms with Crippen molar-refractivity contribution in [1.29, 1.82) is 5.26 Å². The maximum Gasteiger partial charge on any atom is 0.179 e. The average molecular weight is 755 g/mol. The Morgan fingerprint density at radius 3 is 1.17 bits per heavy atom.